The molecule has 0 spiro atoms. The van der Waals surface area contributed by atoms with Crippen LogP contribution in [-0.4, -0.2) is 44.8 Å². The second-order valence-electron chi connectivity index (χ2n) is 9.48. The van der Waals surface area contributed by atoms with Crippen LogP contribution in [0.15, 0.2) is 36.8 Å². The number of nitrogens with zero attached hydrogens (tertiary/aromatic N) is 5. The molecule has 4 rings (SSSR count). The third kappa shape index (κ3) is 4.95. The van der Waals surface area contributed by atoms with E-state index in [2.05, 4.69) is 27.5 Å². The third-order valence-electron chi connectivity index (χ3n) is 6.75. The summed E-state index contributed by atoms with van der Waals surface area (Å²) in [5, 5.41) is 29.5. The standard InChI is InChI=1S/C25H31N5O3/c1-17-9-20(13-27-23(17)33-3)30(24(31)32)14-19-5-4-8-25(2,11-19)15-29-16-28-21-7-6-18(12-26)10-22(21)29/h6-7,9-10,13,16,19,24,31-32H,4-5,8,11,14-15H2,1-3H3/t19?,25-/m0/s1. The number of aromatic nitrogens is 3. The van der Waals surface area contributed by atoms with Gasteiger partial charge in [0.1, 0.15) is 0 Å². The molecule has 0 radical (unpaired) electrons. The molecule has 1 fully saturated rings. The molecule has 1 aliphatic rings. The molecule has 2 N–H and O–H groups in total. The number of pyridine rings is 1. The largest absolute Gasteiger partial charge is 0.481 e. The number of imidazole rings is 1. The van der Waals surface area contributed by atoms with Crippen LogP contribution in [0.4, 0.5) is 5.69 Å². The average molecular weight is 450 g/mol. The van der Waals surface area contributed by atoms with Crippen molar-refractivity contribution in [3.8, 4) is 11.9 Å². The SMILES string of the molecule is COc1ncc(N(CC2CCC[C@](C)(Cn3cnc4ccc(C#N)cc43)C2)C(O)O)cc1C. The van der Waals surface area contributed by atoms with Gasteiger partial charge < -0.3 is 24.4 Å². The van der Waals surface area contributed by atoms with Gasteiger partial charge in [-0.15, -0.1) is 0 Å². The van der Waals surface area contributed by atoms with Gasteiger partial charge in [0.05, 0.1) is 48.0 Å². The molecule has 0 aliphatic heterocycles. The van der Waals surface area contributed by atoms with E-state index in [-0.39, 0.29) is 5.41 Å². The number of methoxy groups -OCH3 is 1. The van der Waals surface area contributed by atoms with Gasteiger partial charge in [-0.2, -0.15) is 5.26 Å². The summed E-state index contributed by atoms with van der Waals surface area (Å²) in [7, 11) is 1.57. The van der Waals surface area contributed by atoms with Crippen molar-refractivity contribution in [2.75, 3.05) is 18.6 Å². The molecule has 33 heavy (non-hydrogen) atoms. The number of aliphatic hydroxyl groups excluding tert-OH is 1. The number of anilines is 1. The highest BCUT2D eigenvalue weighted by Gasteiger charge is 2.34. The lowest BCUT2D eigenvalue weighted by molar-refractivity contribution is -0.0447. The maximum atomic E-state index is 10.1. The first-order valence-corrected chi connectivity index (χ1v) is 11.3. The summed E-state index contributed by atoms with van der Waals surface area (Å²) in [6.45, 7) is 5.52. The molecule has 8 heteroatoms. The van der Waals surface area contributed by atoms with Gasteiger partial charge in [-0.1, -0.05) is 13.3 Å². The maximum absolute atomic E-state index is 10.1. The lowest BCUT2D eigenvalue weighted by Crippen LogP contribution is -2.42. The molecule has 2 aromatic heterocycles. The van der Waals surface area contributed by atoms with Crippen molar-refractivity contribution in [3.05, 3.63) is 47.9 Å². The minimum absolute atomic E-state index is 0.0410. The summed E-state index contributed by atoms with van der Waals surface area (Å²) in [6, 6.07) is 9.66. The minimum Gasteiger partial charge on any atom is -0.481 e. The Morgan fingerprint density at radius 3 is 2.85 bits per heavy atom. The molecule has 1 aromatic carbocycles. The van der Waals surface area contributed by atoms with E-state index in [1.54, 1.807) is 24.3 Å². The number of benzene rings is 1. The zero-order valence-corrected chi connectivity index (χ0v) is 19.4. The van der Waals surface area contributed by atoms with Gasteiger partial charge in [-0.3, -0.25) is 0 Å². The smallest absolute Gasteiger partial charge is 0.235 e. The minimum atomic E-state index is -1.60. The first-order valence-electron chi connectivity index (χ1n) is 11.3. The van der Waals surface area contributed by atoms with Crippen LogP contribution in [0.2, 0.25) is 0 Å². The topological polar surface area (TPSA) is 107 Å². The molecule has 2 atom stereocenters. The molecule has 0 saturated heterocycles. The van der Waals surface area contributed by atoms with Crippen LogP contribution < -0.4 is 9.64 Å². The Morgan fingerprint density at radius 1 is 1.33 bits per heavy atom. The predicted molar refractivity (Wildman–Crippen MR) is 126 cm³/mol. The number of rotatable bonds is 7. The Bertz CT molecular complexity index is 1170. The van der Waals surface area contributed by atoms with Crippen molar-refractivity contribution < 1.29 is 14.9 Å². The molecular formula is C25H31N5O3. The summed E-state index contributed by atoms with van der Waals surface area (Å²) >= 11 is 0. The molecule has 1 saturated carbocycles. The molecule has 2 heterocycles. The van der Waals surface area contributed by atoms with Gasteiger partial charge in [-0.25, -0.2) is 9.97 Å². The van der Waals surface area contributed by atoms with Crippen molar-refractivity contribution in [2.24, 2.45) is 11.3 Å². The van der Waals surface area contributed by atoms with Crippen molar-refractivity contribution in [1.82, 2.24) is 14.5 Å². The fraction of sp³-hybridized carbons (Fsp3) is 0.480. The Hall–Kier alpha value is -3.15. The number of aryl methyl sites for hydroxylation is 1. The zero-order chi connectivity index (χ0) is 23.6. The predicted octanol–water partition coefficient (Wildman–Crippen LogP) is 3.59. The Labute approximate surface area is 194 Å². The van der Waals surface area contributed by atoms with Gasteiger partial charge in [-0.05, 0) is 61.8 Å². The van der Waals surface area contributed by atoms with Crippen LogP contribution in [0.1, 0.15) is 43.7 Å². The quantitative estimate of drug-likeness (QED) is 0.531. The van der Waals surface area contributed by atoms with Gasteiger partial charge >= 0.3 is 0 Å². The number of nitriles is 1. The molecule has 1 unspecified atom stereocenters. The van der Waals surface area contributed by atoms with Gasteiger partial charge in [0.25, 0.3) is 0 Å². The first-order chi connectivity index (χ1) is 15.8. The lowest BCUT2D eigenvalue weighted by Gasteiger charge is -2.41. The average Bonchev–Trinajstić information content (AvgIpc) is 3.18. The molecule has 174 valence electrons. The van der Waals surface area contributed by atoms with E-state index in [4.69, 9.17) is 4.74 Å². The summed E-state index contributed by atoms with van der Waals surface area (Å²) in [5.74, 6) is 0.834. The second-order valence-corrected chi connectivity index (χ2v) is 9.48. The highest BCUT2D eigenvalue weighted by molar-refractivity contribution is 5.77. The normalized spacial score (nSPS) is 20.7. The van der Waals surface area contributed by atoms with E-state index in [1.165, 1.54) is 0 Å². The van der Waals surface area contributed by atoms with Crippen LogP contribution >= 0.6 is 0 Å². The maximum Gasteiger partial charge on any atom is 0.235 e. The van der Waals surface area contributed by atoms with Crippen molar-refractivity contribution in [3.63, 3.8) is 0 Å². The molecule has 1 aliphatic carbocycles. The Kier molecular flexibility index (Phi) is 6.54. The van der Waals surface area contributed by atoms with Crippen molar-refractivity contribution in [1.29, 1.82) is 5.26 Å². The van der Waals surface area contributed by atoms with Crippen LogP contribution in [0, 0.1) is 29.6 Å². The number of fused-ring (bicyclic) bond motifs is 1. The van der Waals surface area contributed by atoms with E-state index in [1.807, 2.05) is 31.5 Å². The summed E-state index contributed by atoms with van der Waals surface area (Å²) in [4.78, 5) is 10.4. The highest BCUT2D eigenvalue weighted by Crippen LogP contribution is 2.42. The monoisotopic (exact) mass is 449 g/mol. The van der Waals surface area contributed by atoms with Crippen LogP contribution in [-0.2, 0) is 6.54 Å². The first kappa shape index (κ1) is 23.0. The van der Waals surface area contributed by atoms with Crippen LogP contribution in [0.25, 0.3) is 11.0 Å². The van der Waals surface area contributed by atoms with E-state index in [0.29, 0.717) is 29.6 Å². The van der Waals surface area contributed by atoms with E-state index >= 15 is 0 Å². The Morgan fingerprint density at radius 2 is 2.15 bits per heavy atom. The number of hydrogen-bond acceptors (Lipinski definition) is 7. The molecule has 3 aromatic rings. The van der Waals surface area contributed by atoms with Gasteiger partial charge in [0, 0.05) is 18.7 Å². The summed E-state index contributed by atoms with van der Waals surface area (Å²) in [5.41, 5.74) is 4.05. The second kappa shape index (κ2) is 9.38. The highest BCUT2D eigenvalue weighted by atomic mass is 16.5. The van der Waals surface area contributed by atoms with Gasteiger partial charge in [0.15, 0.2) is 0 Å². The van der Waals surface area contributed by atoms with Gasteiger partial charge in [0.2, 0.25) is 12.3 Å². The van der Waals surface area contributed by atoms with Crippen LogP contribution in [0.5, 0.6) is 5.88 Å². The van der Waals surface area contributed by atoms with Crippen molar-refractivity contribution >= 4 is 16.7 Å². The fourth-order valence-electron chi connectivity index (χ4n) is 5.21. The number of aliphatic hydroxyl groups is 2. The summed E-state index contributed by atoms with van der Waals surface area (Å²) in [6.07, 6.45) is 6.03. The summed E-state index contributed by atoms with van der Waals surface area (Å²) < 4.78 is 7.38. The number of ether oxygens (including phenoxy) is 1. The van der Waals surface area contributed by atoms with E-state index in [0.717, 1.165) is 48.8 Å². The molecular weight excluding hydrogens is 418 g/mol. The fourth-order valence-corrected chi connectivity index (χ4v) is 5.21. The van der Waals surface area contributed by atoms with Crippen LogP contribution in [0.3, 0.4) is 0 Å². The third-order valence-corrected chi connectivity index (χ3v) is 6.75. The van der Waals surface area contributed by atoms with E-state index in [9.17, 15) is 15.5 Å². The molecule has 0 bridgehead atoms. The molecule has 8 nitrogen and oxygen atoms in total. The number of hydrogen-bond donors (Lipinski definition) is 2. The molecule has 0 amide bonds. The van der Waals surface area contributed by atoms with E-state index < -0.39 is 6.41 Å². The Balaban J connectivity index is 1.51. The lowest BCUT2D eigenvalue weighted by atomic mass is 9.70. The zero-order valence-electron chi connectivity index (χ0n) is 19.4. The van der Waals surface area contributed by atoms with Crippen molar-refractivity contribution in [2.45, 2.75) is 52.5 Å².